The molecule has 0 aliphatic carbocycles. The molecule has 0 spiro atoms. The summed E-state index contributed by atoms with van der Waals surface area (Å²) in [5.41, 5.74) is 5.63. The first-order valence-electron chi connectivity index (χ1n) is 9.42. The van der Waals surface area contributed by atoms with E-state index < -0.39 is 12.0 Å². The van der Waals surface area contributed by atoms with Crippen molar-refractivity contribution in [2.45, 2.75) is 32.3 Å². The molecule has 150 valence electrons. The number of ether oxygens (including phenoxy) is 1. The minimum Gasteiger partial charge on any atom is -0.481 e. The summed E-state index contributed by atoms with van der Waals surface area (Å²) in [6, 6.07) is 19.5. The monoisotopic (exact) mass is 394 g/mol. The molecule has 2 atom stereocenters. The first-order valence-corrected chi connectivity index (χ1v) is 9.42. The Bertz CT molecular complexity index is 1000. The van der Waals surface area contributed by atoms with Crippen molar-refractivity contribution >= 4 is 22.6 Å². The minimum absolute atomic E-state index is 0.112. The van der Waals surface area contributed by atoms with Crippen LogP contribution in [0.1, 0.15) is 31.7 Å². The molecule has 0 aliphatic rings. The van der Waals surface area contributed by atoms with Gasteiger partial charge in [-0.3, -0.25) is 20.4 Å². The maximum absolute atomic E-state index is 13.0. The molecule has 3 aromatic rings. The van der Waals surface area contributed by atoms with Crippen molar-refractivity contribution in [2.24, 2.45) is 0 Å². The normalized spacial score (nSPS) is 12.8. The molecule has 0 fully saturated rings. The number of carbonyl (C=O) groups excluding carboxylic acids is 2. The molecule has 0 bridgehead atoms. The molecule has 2 N–H and O–H groups in total. The number of hydrazine groups is 1. The van der Waals surface area contributed by atoms with Crippen LogP contribution >= 0.6 is 0 Å². The lowest BCUT2D eigenvalue weighted by Crippen LogP contribution is -2.47. The van der Waals surface area contributed by atoms with Gasteiger partial charge in [-0.1, -0.05) is 49.4 Å². The average Bonchev–Trinajstić information content (AvgIpc) is 2.72. The Hall–Kier alpha value is -3.41. The molecule has 3 rings (SSSR count). The van der Waals surface area contributed by atoms with Crippen molar-refractivity contribution in [3.05, 3.63) is 78.1 Å². The maximum atomic E-state index is 13.0. The van der Waals surface area contributed by atoms with Gasteiger partial charge in [0.15, 0.2) is 6.10 Å². The number of hydrogen-bond acceptors (Lipinski definition) is 3. The number of hydrogen-bond donors (Lipinski definition) is 2. The SMILES string of the molecule is CC(Oc1ccc2ccccc2c1)C(=O)NNC(=O)CC(C)c1ccc(F)cc1. The molecular formula is C23H23FN2O3. The highest BCUT2D eigenvalue weighted by Crippen LogP contribution is 2.21. The van der Waals surface area contributed by atoms with Gasteiger partial charge in [0.25, 0.3) is 5.91 Å². The Balaban J connectivity index is 1.48. The van der Waals surface area contributed by atoms with Gasteiger partial charge in [0.2, 0.25) is 5.91 Å². The first-order chi connectivity index (χ1) is 13.9. The van der Waals surface area contributed by atoms with Crippen LogP contribution in [0.4, 0.5) is 4.39 Å². The number of fused-ring (bicyclic) bond motifs is 1. The Morgan fingerprint density at radius 2 is 1.62 bits per heavy atom. The predicted octanol–water partition coefficient (Wildman–Crippen LogP) is 4.09. The third-order valence-corrected chi connectivity index (χ3v) is 4.66. The molecule has 6 heteroatoms. The standard InChI is InChI=1S/C23H23FN2O3/c1-15(17-7-10-20(24)11-8-17)13-22(27)25-26-23(28)16(2)29-21-12-9-18-5-3-4-6-19(18)14-21/h3-12,14-16H,13H2,1-2H3,(H,25,27)(H,26,28). The summed E-state index contributed by atoms with van der Waals surface area (Å²) in [7, 11) is 0. The molecule has 0 saturated carbocycles. The summed E-state index contributed by atoms with van der Waals surface area (Å²) in [6.07, 6.45) is -0.628. The van der Waals surface area contributed by atoms with Gasteiger partial charge in [0, 0.05) is 6.42 Å². The molecule has 0 saturated heterocycles. The molecular weight excluding hydrogens is 371 g/mol. The first kappa shape index (κ1) is 20.3. The molecule has 3 aromatic carbocycles. The quantitative estimate of drug-likeness (QED) is 0.619. The van der Waals surface area contributed by atoms with Crippen molar-refractivity contribution in [3.8, 4) is 5.75 Å². The number of benzene rings is 3. The molecule has 0 aromatic heterocycles. The zero-order chi connectivity index (χ0) is 20.8. The van der Waals surface area contributed by atoms with Crippen LogP contribution in [0.3, 0.4) is 0 Å². The van der Waals surface area contributed by atoms with E-state index in [0.717, 1.165) is 16.3 Å². The zero-order valence-electron chi connectivity index (χ0n) is 16.3. The minimum atomic E-state index is -0.786. The smallest absolute Gasteiger partial charge is 0.279 e. The Morgan fingerprint density at radius 3 is 2.34 bits per heavy atom. The van der Waals surface area contributed by atoms with Gasteiger partial charge in [-0.05, 0) is 53.4 Å². The van der Waals surface area contributed by atoms with E-state index in [-0.39, 0.29) is 24.1 Å². The van der Waals surface area contributed by atoms with E-state index in [9.17, 15) is 14.0 Å². The average molecular weight is 394 g/mol. The fourth-order valence-electron chi connectivity index (χ4n) is 2.97. The summed E-state index contributed by atoms with van der Waals surface area (Å²) in [6.45, 7) is 3.47. The van der Waals surface area contributed by atoms with E-state index >= 15 is 0 Å². The Kier molecular flexibility index (Phi) is 6.44. The van der Waals surface area contributed by atoms with Gasteiger partial charge >= 0.3 is 0 Å². The second kappa shape index (κ2) is 9.19. The van der Waals surface area contributed by atoms with E-state index in [4.69, 9.17) is 4.74 Å². The number of carbonyl (C=O) groups is 2. The van der Waals surface area contributed by atoms with Gasteiger partial charge in [-0.15, -0.1) is 0 Å². The summed E-state index contributed by atoms with van der Waals surface area (Å²) < 4.78 is 18.7. The van der Waals surface area contributed by atoms with Crippen LogP contribution in [0.5, 0.6) is 5.75 Å². The van der Waals surface area contributed by atoms with Crippen LogP contribution < -0.4 is 15.6 Å². The fourth-order valence-corrected chi connectivity index (χ4v) is 2.97. The maximum Gasteiger partial charge on any atom is 0.279 e. The highest BCUT2D eigenvalue weighted by atomic mass is 19.1. The van der Waals surface area contributed by atoms with E-state index in [0.29, 0.717) is 5.75 Å². The highest BCUT2D eigenvalue weighted by molar-refractivity contribution is 5.86. The number of rotatable bonds is 6. The van der Waals surface area contributed by atoms with E-state index in [1.54, 1.807) is 25.1 Å². The second-order valence-electron chi connectivity index (χ2n) is 6.96. The van der Waals surface area contributed by atoms with E-state index in [1.807, 2.05) is 43.3 Å². The fraction of sp³-hybridized carbons (Fsp3) is 0.217. The summed E-state index contributed by atoms with van der Waals surface area (Å²) in [5.74, 6) is -0.659. The molecule has 5 nitrogen and oxygen atoms in total. The van der Waals surface area contributed by atoms with Crippen molar-refractivity contribution in [1.82, 2.24) is 10.9 Å². The van der Waals surface area contributed by atoms with Gasteiger partial charge < -0.3 is 4.74 Å². The largest absolute Gasteiger partial charge is 0.481 e. The van der Waals surface area contributed by atoms with Crippen LogP contribution in [-0.2, 0) is 9.59 Å². The van der Waals surface area contributed by atoms with Crippen molar-refractivity contribution in [2.75, 3.05) is 0 Å². The highest BCUT2D eigenvalue weighted by Gasteiger charge is 2.17. The van der Waals surface area contributed by atoms with Gasteiger partial charge in [0.1, 0.15) is 11.6 Å². The van der Waals surface area contributed by atoms with E-state index in [1.165, 1.54) is 12.1 Å². The van der Waals surface area contributed by atoms with Crippen molar-refractivity contribution in [1.29, 1.82) is 0 Å². The second-order valence-corrected chi connectivity index (χ2v) is 6.96. The molecule has 2 amide bonds. The van der Waals surface area contributed by atoms with Gasteiger partial charge in [0.05, 0.1) is 0 Å². The number of halogens is 1. The van der Waals surface area contributed by atoms with E-state index in [2.05, 4.69) is 10.9 Å². The van der Waals surface area contributed by atoms with Crippen LogP contribution in [0.25, 0.3) is 10.8 Å². The summed E-state index contributed by atoms with van der Waals surface area (Å²) in [5, 5.41) is 2.10. The molecule has 29 heavy (non-hydrogen) atoms. The van der Waals surface area contributed by atoms with Crippen molar-refractivity contribution in [3.63, 3.8) is 0 Å². The Labute approximate surface area is 168 Å². The van der Waals surface area contributed by atoms with Crippen molar-refractivity contribution < 1.29 is 18.7 Å². The summed E-state index contributed by atoms with van der Waals surface area (Å²) in [4.78, 5) is 24.3. The summed E-state index contributed by atoms with van der Waals surface area (Å²) >= 11 is 0. The topological polar surface area (TPSA) is 67.4 Å². The predicted molar refractivity (Wildman–Crippen MR) is 110 cm³/mol. The lowest BCUT2D eigenvalue weighted by atomic mass is 9.98. The van der Waals surface area contributed by atoms with Crippen LogP contribution in [-0.4, -0.2) is 17.9 Å². The number of amides is 2. The zero-order valence-corrected chi connectivity index (χ0v) is 16.3. The van der Waals surface area contributed by atoms with Crippen LogP contribution in [0.2, 0.25) is 0 Å². The van der Waals surface area contributed by atoms with Gasteiger partial charge in [-0.2, -0.15) is 0 Å². The van der Waals surface area contributed by atoms with Crippen LogP contribution in [0.15, 0.2) is 66.7 Å². The molecule has 2 unspecified atom stereocenters. The molecule has 0 aliphatic heterocycles. The Morgan fingerprint density at radius 1 is 0.931 bits per heavy atom. The van der Waals surface area contributed by atoms with Gasteiger partial charge in [-0.25, -0.2) is 4.39 Å². The lowest BCUT2D eigenvalue weighted by molar-refractivity contribution is -0.132. The molecule has 0 heterocycles. The number of nitrogens with one attached hydrogen (secondary N) is 2. The third kappa shape index (κ3) is 5.54. The molecule has 0 radical (unpaired) electrons. The third-order valence-electron chi connectivity index (χ3n) is 4.66. The lowest BCUT2D eigenvalue weighted by Gasteiger charge is -2.16. The van der Waals surface area contributed by atoms with Crippen LogP contribution in [0, 0.1) is 5.82 Å².